The Hall–Kier alpha value is -3.17. The number of piperazine rings is 1. The Labute approximate surface area is 171 Å². The van der Waals surface area contributed by atoms with Crippen LogP contribution in [0.1, 0.15) is 12.8 Å². The third-order valence-electron chi connectivity index (χ3n) is 5.86. The fraction of sp³-hybridized carbons (Fsp3) is 0.450. The number of carbonyl (C=O) groups is 1. The molecule has 0 spiro atoms. The zero-order valence-corrected chi connectivity index (χ0v) is 16.5. The minimum Gasteiger partial charge on any atom is -0.440 e. The highest BCUT2D eigenvalue weighted by molar-refractivity contribution is 5.93. The van der Waals surface area contributed by atoms with Gasteiger partial charge < -0.3 is 19.5 Å². The highest BCUT2D eigenvalue weighted by Gasteiger charge is 2.51. The number of hydrogen-bond donors (Lipinski definition) is 1. The quantitative estimate of drug-likeness (QED) is 0.710. The summed E-state index contributed by atoms with van der Waals surface area (Å²) in [6, 6.07) is 4.00. The maximum Gasteiger partial charge on any atom is 0.410 e. The Morgan fingerprint density at radius 1 is 1.30 bits per heavy atom. The molecule has 1 saturated carbocycles. The van der Waals surface area contributed by atoms with Gasteiger partial charge in [0.1, 0.15) is 5.65 Å². The summed E-state index contributed by atoms with van der Waals surface area (Å²) in [6.07, 6.45) is 3.55. The predicted octanol–water partition coefficient (Wildman–Crippen LogP) is 3.02. The first-order valence-corrected chi connectivity index (χ1v) is 9.96. The van der Waals surface area contributed by atoms with Gasteiger partial charge in [-0.05, 0) is 18.6 Å². The molecule has 1 aliphatic carbocycles. The number of carbonyl (C=O) groups excluding carboxylic acids is 1. The lowest BCUT2D eigenvalue weighted by Gasteiger charge is -2.39. The molecule has 0 bridgehead atoms. The average Bonchev–Trinajstić information content (AvgIpc) is 3.37. The minimum absolute atomic E-state index is 0.214. The van der Waals surface area contributed by atoms with Gasteiger partial charge in [-0.2, -0.15) is 5.10 Å². The predicted molar refractivity (Wildman–Crippen MR) is 107 cm³/mol. The number of aromatic amines is 1. The molecule has 10 heteroatoms. The van der Waals surface area contributed by atoms with Gasteiger partial charge in [-0.15, -0.1) is 0 Å². The third kappa shape index (κ3) is 3.25. The van der Waals surface area contributed by atoms with Crippen molar-refractivity contribution in [2.45, 2.75) is 24.9 Å². The molecule has 1 atom stereocenters. The summed E-state index contributed by atoms with van der Waals surface area (Å²) in [5, 5.41) is 5.20. The van der Waals surface area contributed by atoms with Crippen molar-refractivity contribution in [1.82, 2.24) is 24.6 Å². The largest absolute Gasteiger partial charge is 0.440 e. The normalized spacial score (nSPS) is 21.0. The zero-order chi connectivity index (χ0) is 20.9. The van der Waals surface area contributed by atoms with E-state index in [-0.39, 0.29) is 12.8 Å². The van der Waals surface area contributed by atoms with Crippen LogP contribution >= 0.6 is 0 Å². The number of rotatable bonds is 3. The van der Waals surface area contributed by atoms with E-state index in [0.29, 0.717) is 26.2 Å². The van der Waals surface area contributed by atoms with E-state index in [0.717, 1.165) is 28.0 Å². The maximum atomic E-state index is 13.4. The third-order valence-corrected chi connectivity index (χ3v) is 5.86. The second-order valence-electron chi connectivity index (χ2n) is 7.82. The summed E-state index contributed by atoms with van der Waals surface area (Å²) < 4.78 is 33.5. The molecule has 3 aromatic heterocycles. The Kier molecular flexibility index (Phi) is 4.37. The topological polar surface area (TPSA) is 79.3 Å². The van der Waals surface area contributed by atoms with Crippen LogP contribution in [0, 0.1) is 0 Å². The maximum absolute atomic E-state index is 13.4. The van der Waals surface area contributed by atoms with Gasteiger partial charge in [0, 0.05) is 68.7 Å². The van der Waals surface area contributed by atoms with E-state index < -0.39 is 18.1 Å². The van der Waals surface area contributed by atoms with Crippen molar-refractivity contribution >= 4 is 22.8 Å². The van der Waals surface area contributed by atoms with E-state index in [2.05, 4.69) is 20.0 Å². The summed E-state index contributed by atoms with van der Waals surface area (Å²) in [5.41, 5.74) is 3.70. The van der Waals surface area contributed by atoms with Crippen molar-refractivity contribution in [3.63, 3.8) is 0 Å². The number of hydrogen-bond acceptors (Lipinski definition) is 5. The number of alkyl halides is 2. The molecule has 2 fully saturated rings. The Morgan fingerprint density at radius 3 is 2.73 bits per heavy atom. The monoisotopic (exact) mass is 416 g/mol. The van der Waals surface area contributed by atoms with E-state index in [1.165, 1.54) is 4.90 Å². The number of nitrogens with zero attached hydrogens (tertiary/aromatic N) is 5. The van der Waals surface area contributed by atoms with E-state index >= 15 is 0 Å². The molecule has 3 aromatic rings. The number of H-pyrrole nitrogens is 1. The van der Waals surface area contributed by atoms with E-state index in [9.17, 15) is 13.6 Å². The van der Waals surface area contributed by atoms with Crippen LogP contribution < -0.4 is 4.90 Å². The number of amides is 1. The molecule has 4 heterocycles. The van der Waals surface area contributed by atoms with Crippen molar-refractivity contribution in [3.05, 3.63) is 30.7 Å². The molecular weight excluding hydrogens is 394 g/mol. The first-order valence-electron chi connectivity index (χ1n) is 9.96. The molecule has 1 amide bonds. The standard InChI is InChI=1S/C20H22F2N6O2/c1-26-12-13(11-24-26)15-10-14-16(3-5-23-18(14)25-15)27-6-8-28(9-7-27)19(29)30-17-2-4-20(17,21)22/h3,5,10-12,17H,2,4,6-9H2,1H3,(H,23,25)/t17-/m1/s1. The van der Waals surface area contributed by atoms with Gasteiger partial charge in [0.2, 0.25) is 0 Å². The number of ether oxygens (including phenoxy) is 1. The molecule has 158 valence electrons. The summed E-state index contributed by atoms with van der Waals surface area (Å²) >= 11 is 0. The molecule has 5 rings (SSSR count). The van der Waals surface area contributed by atoms with E-state index in [4.69, 9.17) is 4.74 Å². The van der Waals surface area contributed by atoms with Crippen LogP contribution in [-0.4, -0.2) is 68.9 Å². The number of halogens is 2. The lowest BCUT2D eigenvalue weighted by atomic mass is 9.91. The summed E-state index contributed by atoms with van der Waals surface area (Å²) in [4.78, 5) is 23.7. The smallest absolute Gasteiger partial charge is 0.410 e. The lowest BCUT2D eigenvalue weighted by molar-refractivity contribution is -0.179. The van der Waals surface area contributed by atoms with Gasteiger partial charge >= 0.3 is 6.09 Å². The molecule has 1 aliphatic heterocycles. The van der Waals surface area contributed by atoms with Gasteiger partial charge in [0.25, 0.3) is 5.92 Å². The number of aryl methyl sites for hydroxylation is 1. The van der Waals surface area contributed by atoms with Gasteiger partial charge in [-0.25, -0.2) is 18.6 Å². The van der Waals surface area contributed by atoms with Crippen LogP contribution in [0.3, 0.4) is 0 Å². The van der Waals surface area contributed by atoms with E-state index in [1.807, 2.05) is 25.4 Å². The lowest BCUT2D eigenvalue weighted by Crippen LogP contribution is -2.53. The zero-order valence-electron chi connectivity index (χ0n) is 16.5. The molecule has 1 N–H and O–H groups in total. The minimum atomic E-state index is -2.89. The Bertz CT molecular complexity index is 1090. The summed E-state index contributed by atoms with van der Waals surface area (Å²) in [7, 11) is 1.87. The first kappa shape index (κ1) is 18.8. The first-order chi connectivity index (χ1) is 14.4. The van der Waals surface area contributed by atoms with Gasteiger partial charge in [0.05, 0.1) is 11.9 Å². The molecule has 30 heavy (non-hydrogen) atoms. The highest BCUT2D eigenvalue weighted by Crippen LogP contribution is 2.40. The molecule has 8 nitrogen and oxygen atoms in total. The molecule has 0 aromatic carbocycles. The van der Waals surface area contributed by atoms with Crippen LogP contribution in [-0.2, 0) is 11.8 Å². The SMILES string of the molecule is Cn1cc(-c2cc3c(N4CCN(C(=O)O[C@@H]5CCC5(F)F)CC4)ccnc3[nH]2)cn1. The highest BCUT2D eigenvalue weighted by atomic mass is 19.3. The van der Waals surface area contributed by atoms with Crippen LogP contribution in [0.2, 0.25) is 0 Å². The number of pyridine rings is 1. The molecule has 1 saturated heterocycles. The number of nitrogens with one attached hydrogen (secondary N) is 1. The second kappa shape index (κ2) is 6.96. The Morgan fingerprint density at radius 2 is 2.10 bits per heavy atom. The van der Waals surface area contributed by atoms with E-state index in [1.54, 1.807) is 17.1 Å². The van der Waals surface area contributed by atoms with Crippen molar-refractivity contribution in [2.75, 3.05) is 31.1 Å². The van der Waals surface area contributed by atoms with Gasteiger partial charge in [-0.1, -0.05) is 0 Å². The van der Waals surface area contributed by atoms with Crippen LogP contribution in [0.5, 0.6) is 0 Å². The van der Waals surface area contributed by atoms with Gasteiger partial charge in [-0.3, -0.25) is 4.68 Å². The van der Waals surface area contributed by atoms with Crippen LogP contribution in [0.25, 0.3) is 22.3 Å². The van der Waals surface area contributed by atoms with Crippen molar-refractivity contribution in [3.8, 4) is 11.3 Å². The van der Waals surface area contributed by atoms with Crippen molar-refractivity contribution in [2.24, 2.45) is 7.05 Å². The van der Waals surface area contributed by atoms with Crippen LogP contribution in [0.15, 0.2) is 30.7 Å². The van der Waals surface area contributed by atoms with Crippen molar-refractivity contribution in [1.29, 1.82) is 0 Å². The molecular formula is C20H22F2N6O2. The average molecular weight is 416 g/mol. The van der Waals surface area contributed by atoms with Gasteiger partial charge in [0.15, 0.2) is 6.10 Å². The summed E-state index contributed by atoms with van der Waals surface area (Å²) in [6.45, 7) is 2.01. The Balaban J connectivity index is 1.29. The fourth-order valence-corrected chi connectivity index (χ4v) is 3.96. The molecule has 2 aliphatic rings. The fourth-order valence-electron chi connectivity index (χ4n) is 3.96. The number of aromatic nitrogens is 4. The number of fused-ring (bicyclic) bond motifs is 1. The van der Waals surface area contributed by atoms with Crippen molar-refractivity contribution < 1.29 is 18.3 Å². The summed E-state index contributed by atoms with van der Waals surface area (Å²) in [5.74, 6) is -2.89. The number of anilines is 1. The molecule has 0 radical (unpaired) electrons. The second-order valence-corrected chi connectivity index (χ2v) is 7.82. The molecule has 0 unspecified atom stereocenters. The van der Waals surface area contributed by atoms with Crippen LogP contribution in [0.4, 0.5) is 19.3 Å².